The highest BCUT2D eigenvalue weighted by Gasteiger charge is 2.54. The molecule has 2 heterocycles. The van der Waals surface area contributed by atoms with E-state index in [0.29, 0.717) is 19.4 Å². The third kappa shape index (κ3) is 4.08. The van der Waals surface area contributed by atoms with Crippen molar-refractivity contribution in [3.8, 4) is 0 Å². The molecule has 1 saturated carbocycles. The van der Waals surface area contributed by atoms with Crippen LogP contribution in [0.1, 0.15) is 57.4 Å². The van der Waals surface area contributed by atoms with E-state index in [4.69, 9.17) is 0 Å². The molecule has 0 bridgehead atoms. The number of likely N-dealkylation sites (tertiary alicyclic amines) is 1. The van der Waals surface area contributed by atoms with Gasteiger partial charge in [-0.3, -0.25) is 14.5 Å². The second kappa shape index (κ2) is 8.76. The second-order valence-corrected chi connectivity index (χ2v) is 8.92. The van der Waals surface area contributed by atoms with Gasteiger partial charge in [0.05, 0.1) is 0 Å². The lowest BCUT2D eigenvalue weighted by Gasteiger charge is -2.36. The molecule has 7 heteroatoms. The van der Waals surface area contributed by atoms with Crippen molar-refractivity contribution in [1.82, 2.24) is 20.4 Å². The summed E-state index contributed by atoms with van der Waals surface area (Å²) < 4.78 is 0. The van der Waals surface area contributed by atoms with E-state index in [-0.39, 0.29) is 17.9 Å². The molecule has 2 atom stereocenters. The zero-order valence-corrected chi connectivity index (χ0v) is 17.7. The van der Waals surface area contributed by atoms with Crippen molar-refractivity contribution in [2.45, 2.75) is 76.0 Å². The fourth-order valence-corrected chi connectivity index (χ4v) is 5.11. The third-order valence-electron chi connectivity index (χ3n) is 6.91. The number of urea groups is 1. The Bertz CT molecular complexity index is 791. The van der Waals surface area contributed by atoms with Gasteiger partial charge in [-0.15, -0.1) is 0 Å². The van der Waals surface area contributed by atoms with Gasteiger partial charge in [-0.2, -0.15) is 0 Å². The van der Waals surface area contributed by atoms with Crippen LogP contribution in [0, 0.1) is 0 Å². The monoisotopic (exact) mass is 412 g/mol. The molecule has 4 rings (SSSR count). The molecule has 0 aromatic heterocycles. The Morgan fingerprint density at radius 3 is 2.63 bits per heavy atom. The van der Waals surface area contributed by atoms with Crippen LogP contribution >= 0.6 is 0 Å². The number of hydrogen-bond acceptors (Lipinski definition) is 4. The number of nitrogens with zero attached hydrogens (tertiary/aromatic N) is 2. The van der Waals surface area contributed by atoms with E-state index in [9.17, 15) is 14.4 Å². The molecule has 30 heavy (non-hydrogen) atoms. The SMILES string of the molecule is CC(C(=O)NCC1CCCCN1Cc1ccccc1)N1C(=O)NC2(CCCC2)C1=O. The molecule has 4 amide bonds. The van der Waals surface area contributed by atoms with Crippen molar-refractivity contribution in [2.75, 3.05) is 13.1 Å². The Morgan fingerprint density at radius 2 is 1.90 bits per heavy atom. The third-order valence-corrected chi connectivity index (χ3v) is 6.91. The van der Waals surface area contributed by atoms with E-state index >= 15 is 0 Å². The Kier molecular flexibility index (Phi) is 6.09. The standard InChI is InChI=1S/C23H32N4O3/c1-17(27-21(29)23(25-22(27)30)12-6-7-13-23)20(28)24-15-19-11-5-8-14-26(19)16-18-9-3-2-4-10-18/h2-4,9-10,17,19H,5-8,11-16H2,1H3,(H,24,28)(H,25,30). The Morgan fingerprint density at radius 1 is 1.17 bits per heavy atom. The number of carbonyl (C=O) groups excluding carboxylic acids is 3. The highest BCUT2D eigenvalue weighted by molar-refractivity contribution is 6.09. The molecular formula is C23H32N4O3. The lowest BCUT2D eigenvalue weighted by atomic mass is 9.97. The van der Waals surface area contributed by atoms with Crippen LogP contribution in [-0.4, -0.2) is 58.4 Å². The van der Waals surface area contributed by atoms with Crippen molar-refractivity contribution >= 4 is 17.8 Å². The Balaban J connectivity index is 1.35. The summed E-state index contributed by atoms with van der Waals surface area (Å²) in [6.45, 7) is 4.06. The lowest BCUT2D eigenvalue weighted by molar-refractivity contribution is -0.137. The molecule has 2 N–H and O–H groups in total. The van der Waals surface area contributed by atoms with E-state index in [0.717, 1.165) is 50.1 Å². The van der Waals surface area contributed by atoms with Gasteiger partial charge in [-0.1, -0.05) is 49.6 Å². The Labute approximate surface area is 178 Å². The van der Waals surface area contributed by atoms with Gasteiger partial charge in [0.1, 0.15) is 11.6 Å². The predicted molar refractivity (Wildman–Crippen MR) is 114 cm³/mol. The molecular weight excluding hydrogens is 380 g/mol. The van der Waals surface area contributed by atoms with Crippen molar-refractivity contribution < 1.29 is 14.4 Å². The van der Waals surface area contributed by atoms with E-state index in [2.05, 4.69) is 27.7 Å². The maximum Gasteiger partial charge on any atom is 0.325 e. The highest BCUT2D eigenvalue weighted by atomic mass is 16.2. The first-order valence-electron chi connectivity index (χ1n) is 11.2. The van der Waals surface area contributed by atoms with Crippen LogP contribution in [-0.2, 0) is 16.1 Å². The van der Waals surface area contributed by atoms with Crippen LogP contribution in [0.15, 0.2) is 30.3 Å². The summed E-state index contributed by atoms with van der Waals surface area (Å²) in [6.07, 6.45) is 6.54. The maximum atomic E-state index is 12.9. The molecule has 1 aromatic carbocycles. The molecule has 3 aliphatic rings. The van der Waals surface area contributed by atoms with Crippen molar-refractivity contribution in [3.63, 3.8) is 0 Å². The fourth-order valence-electron chi connectivity index (χ4n) is 5.11. The average molecular weight is 413 g/mol. The minimum Gasteiger partial charge on any atom is -0.353 e. The van der Waals surface area contributed by atoms with Gasteiger partial charge in [0.2, 0.25) is 5.91 Å². The van der Waals surface area contributed by atoms with Gasteiger partial charge in [0, 0.05) is 19.1 Å². The van der Waals surface area contributed by atoms with Crippen molar-refractivity contribution in [2.24, 2.45) is 0 Å². The first-order valence-corrected chi connectivity index (χ1v) is 11.2. The van der Waals surface area contributed by atoms with Crippen LogP contribution in [0.5, 0.6) is 0 Å². The van der Waals surface area contributed by atoms with Crippen molar-refractivity contribution in [1.29, 1.82) is 0 Å². The fraction of sp³-hybridized carbons (Fsp3) is 0.609. The number of amides is 4. The molecule has 1 aliphatic carbocycles. The first kappa shape index (κ1) is 20.8. The van der Waals surface area contributed by atoms with Crippen LogP contribution in [0.3, 0.4) is 0 Å². The molecule has 2 saturated heterocycles. The summed E-state index contributed by atoms with van der Waals surface area (Å²) in [6, 6.07) is 9.39. The Hall–Kier alpha value is -2.41. The van der Waals surface area contributed by atoms with Crippen LogP contribution in [0.2, 0.25) is 0 Å². The smallest absolute Gasteiger partial charge is 0.325 e. The largest absolute Gasteiger partial charge is 0.353 e. The molecule has 2 aliphatic heterocycles. The number of carbonyl (C=O) groups is 3. The van der Waals surface area contributed by atoms with Gasteiger partial charge in [-0.25, -0.2) is 9.69 Å². The van der Waals surface area contributed by atoms with Crippen LogP contribution in [0.4, 0.5) is 4.79 Å². The van der Waals surface area contributed by atoms with E-state index in [1.165, 1.54) is 5.56 Å². The van der Waals surface area contributed by atoms with Gasteiger partial charge in [0.25, 0.3) is 5.91 Å². The van der Waals surface area contributed by atoms with Crippen molar-refractivity contribution in [3.05, 3.63) is 35.9 Å². The summed E-state index contributed by atoms with van der Waals surface area (Å²) in [5, 5.41) is 5.86. The number of hydrogen-bond donors (Lipinski definition) is 2. The number of rotatable bonds is 6. The van der Waals surface area contributed by atoms with Crippen LogP contribution in [0.25, 0.3) is 0 Å². The van der Waals surface area contributed by atoms with E-state index < -0.39 is 17.6 Å². The molecule has 2 unspecified atom stereocenters. The van der Waals surface area contributed by atoms with Gasteiger partial charge in [0.15, 0.2) is 0 Å². The van der Waals surface area contributed by atoms with Gasteiger partial charge < -0.3 is 10.6 Å². The summed E-state index contributed by atoms with van der Waals surface area (Å²) in [5.41, 5.74) is 0.492. The minimum absolute atomic E-state index is 0.240. The molecule has 1 aromatic rings. The topological polar surface area (TPSA) is 81.8 Å². The summed E-state index contributed by atoms with van der Waals surface area (Å²) in [4.78, 5) is 41.7. The quantitative estimate of drug-likeness (QED) is 0.703. The average Bonchev–Trinajstić information content (AvgIpc) is 3.32. The van der Waals surface area contributed by atoms with Gasteiger partial charge in [-0.05, 0) is 44.7 Å². The molecule has 7 nitrogen and oxygen atoms in total. The summed E-state index contributed by atoms with van der Waals surface area (Å²) in [7, 11) is 0. The minimum atomic E-state index is -0.802. The summed E-state index contributed by atoms with van der Waals surface area (Å²) >= 11 is 0. The number of benzene rings is 1. The van der Waals surface area contributed by atoms with E-state index in [1.54, 1.807) is 6.92 Å². The molecule has 3 fully saturated rings. The van der Waals surface area contributed by atoms with Gasteiger partial charge >= 0.3 is 6.03 Å². The molecule has 1 spiro atoms. The predicted octanol–water partition coefficient (Wildman–Crippen LogP) is 2.41. The maximum absolute atomic E-state index is 12.9. The molecule has 0 radical (unpaired) electrons. The number of nitrogens with one attached hydrogen (secondary N) is 2. The normalized spacial score (nSPS) is 24.8. The summed E-state index contributed by atoms with van der Waals surface area (Å²) in [5.74, 6) is -0.505. The highest BCUT2D eigenvalue weighted by Crippen LogP contribution is 2.35. The van der Waals surface area contributed by atoms with E-state index in [1.807, 2.05) is 18.2 Å². The lowest BCUT2D eigenvalue weighted by Crippen LogP contribution is -2.52. The molecule has 162 valence electrons. The van der Waals surface area contributed by atoms with Crippen LogP contribution < -0.4 is 10.6 Å². The zero-order valence-electron chi connectivity index (χ0n) is 17.7. The first-order chi connectivity index (χ1) is 14.5. The second-order valence-electron chi connectivity index (χ2n) is 8.92. The number of imide groups is 1. The number of piperidine rings is 1. The zero-order chi connectivity index (χ0) is 21.1.